The zero-order valence-electron chi connectivity index (χ0n) is 9.90. The highest BCUT2D eigenvalue weighted by Gasteiger charge is 1.85. The van der Waals surface area contributed by atoms with Gasteiger partial charge in [-0.25, -0.2) is 0 Å². The maximum absolute atomic E-state index is 9.24. The second-order valence-electron chi connectivity index (χ2n) is 2.58. The van der Waals surface area contributed by atoms with Crippen molar-refractivity contribution in [2.24, 2.45) is 5.73 Å². The van der Waals surface area contributed by atoms with Crippen LogP contribution in [0.1, 0.15) is 25.0 Å². The van der Waals surface area contributed by atoms with Crippen molar-refractivity contribution >= 4 is 5.97 Å². The lowest BCUT2D eigenvalue weighted by molar-refractivity contribution is -0.135. The van der Waals surface area contributed by atoms with Gasteiger partial charge in [-0.15, -0.1) is 0 Å². The molecule has 4 heteroatoms. The molecule has 0 heterocycles. The summed E-state index contributed by atoms with van der Waals surface area (Å²) in [5, 5.41) is 16.0. The molecule has 0 aliphatic rings. The van der Waals surface area contributed by atoms with E-state index in [1.807, 2.05) is 45.0 Å². The van der Waals surface area contributed by atoms with E-state index in [9.17, 15) is 4.79 Å². The number of aryl methyl sites for hydroxylation is 1. The second kappa shape index (κ2) is 11.2. The van der Waals surface area contributed by atoms with Crippen LogP contribution in [0.2, 0.25) is 0 Å². The van der Waals surface area contributed by atoms with Crippen molar-refractivity contribution in [2.45, 2.75) is 20.8 Å². The fourth-order valence-electron chi connectivity index (χ4n) is 0.628. The van der Waals surface area contributed by atoms with Crippen LogP contribution in [0.25, 0.3) is 0 Å². The minimum atomic E-state index is -0.968. The maximum Gasteiger partial charge on any atom is 0.317 e. The summed E-state index contributed by atoms with van der Waals surface area (Å²) in [4.78, 5) is 9.24. The van der Waals surface area contributed by atoms with E-state index in [2.05, 4.69) is 11.8 Å². The van der Waals surface area contributed by atoms with E-state index in [0.29, 0.717) is 0 Å². The number of nitriles is 1. The summed E-state index contributed by atoms with van der Waals surface area (Å²) >= 11 is 0. The van der Waals surface area contributed by atoms with Crippen LogP contribution in [0.15, 0.2) is 24.3 Å². The van der Waals surface area contributed by atoms with Gasteiger partial charge in [-0.2, -0.15) is 5.26 Å². The fourth-order valence-corrected chi connectivity index (χ4v) is 0.628. The molecule has 0 saturated heterocycles. The quantitative estimate of drug-likeness (QED) is 0.760. The molecule has 16 heavy (non-hydrogen) atoms. The number of aliphatic carboxylic acids is 1. The fraction of sp³-hybridized carbons (Fsp3) is 0.333. The molecular formula is C12H18N2O2. The Morgan fingerprint density at radius 1 is 1.38 bits per heavy atom. The monoisotopic (exact) mass is 222 g/mol. The Bertz CT molecular complexity index is 326. The standard InChI is InChI=1S/C8H7N.C2H5NO2.C2H6/c1-7-2-4-8(6-9)5-3-7;3-1-2(4)5;1-2/h2-5H,1H3;1,3H2,(H,4,5);1-2H3. The van der Waals surface area contributed by atoms with E-state index in [4.69, 9.17) is 10.4 Å². The number of carboxylic acid groups (broad SMARTS) is 1. The van der Waals surface area contributed by atoms with Crippen molar-refractivity contribution in [2.75, 3.05) is 6.54 Å². The van der Waals surface area contributed by atoms with Crippen LogP contribution in [0.5, 0.6) is 0 Å². The number of nitrogens with two attached hydrogens (primary N) is 1. The molecule has 88 valence electrons. The van der Waals surface area contributed by atoms with Crippen LogP contribution in [0.4, 0.5) is 0 Å². The number of benzene rings is 1. The highest BCUT2D eigenvalue weighted by molar-refractivity contribution is 5.68. The molecule has 0 amide bonds. The normalized spacial score (nSPS) is 7.44. The zero-order chi connectivity index (χ0) is 13.0. The van der Waals surface area contributed by atoms with Gasteiger partial charge < -0.3 is 10.8 Å². The number of carbonyl (C=O) groups is 1. The van der Waals surface area contributed by atoms with Crippen LogP contribution in [0.3, 0.4) is 0 Å². The third-order valence-corrected chi connectivity index (χ3v) is 1.36. The van der Waals surface area contributed by atoms with Crippen molar-refractivity contribution in [3.63, 3.8) is 0 Å². The van der Waals surface area contributed by atoms with E-state index < -0.39 is 5.97 Å². The SMILES string of the molecule is CC.Cc1ccc(C#N)cc1.NCC(=O)O. The molecule has 0 saturated carbocycles. The molecule has 0 unspecified atom stereocenters. The third kappa shape index (κ3) is 10.2. The first-order chi connectivity index (χ1) is 7.60. The number of carboxylic acids is 1. The number of nitrogens with zero attached hydrogens (tertiary/aromatic N) is 1. The summed E-state index contributed by atoms with van der Waals surface area (Å²) < 4.78 is 0. The van der Waals surface area contributed by atoms with Gasteiger partial charge in [0.15, 0.2) is 0 Å². The molecule has 3 N–H and O–H groups in total. The van der Waals surface area contributed by atoms with E-state index in [-0.39, 0.29) is 6.54 Å². The Kier molecular flexibility index (Phi) is 11.6. The van der Waals surface area contributed by atoms with Gasteiger partial charge in [0.25, 0.3) is 0 Å². The predicted octanol–water partition coefficient (Wildman–Crippen LogP) is 1.92. The maximum atomic E-state index is 9.24. The molecule has 0 aliphatic heterocycles. The van der Waals surface area contributed by atoms with Crippen molar-refractivity contribution in [1.29, 1.82) is 5.26 Å². The molecule has 1 aromatic rings. The summed E-state index contributed by atoms with van der Waals surface area (Å²) in [6.45, 7) is 5.72. The van der Waals surface area contributed by atoms with Crippen molar-refractivity contribution in [1.82, 2.24) is 0 Å². The molecule has 0 fully saturated rings. The Hall–Kier alpha value is -1.86. The molecule has 4 nitrogen and oxygen atoms in total. The van der Waals surface area contributed by atoms with Crippen LogP contribution in [-0.4, -0.2) is 17.6 Å². The largest absolute Gasteiger partial charge is 0.480 e. The molecule has 0 aliphatic carbocycles. The third-order valence-electron chi connectivity index (χ3n) is 1.36. The first-order valence-electron chi connectivity index (χ1n) is 4.98. The molecule has 0 spiro atoms. The van der Waals surface area contributed by atoms with Crippen LogP contribution < -0.4 is 5.73 Å². The van der Waals surface area contributed by atoms with Gasteiger partial charge in [0.2, 0.25) is 0 Å². The summed E-state index contributed by atoms with van der Waals surface area (Å²) in [6, 6.07) is 9.54. The smallest absolute Gasteiger partial charge is 0.317 e. The first-order valence-corrected chi connectivity index (χ1v) is 4.98. The first kappa shape index (κ1) is 16.6. The van der Waals surface area contributed by atoms with Gasteiger partial charge >= 0.3 is 5.97 Å². The molecule has 0 aromatic heterocycles. The van der Waals surface area contributed by atoms with Crippen molar-refractivity contribution < 1.29 is 9.90 Å². The highest BCUT2D eigenvalue weighted by Crippen LogP contribution is 1.99. The average molecular weight is 222 g/mol. The molecule has 1 rings (SSSR count). The topological polar surface area (TPSA) is 87.1 Å². The van der Waals surface area contributed by atoms with Gasteiger partial charge in [0, 0.05) is 0 Å². The Morgan fingerprint density at radius 3 is 2.00 bits per heavy atom. The molecule has 0 atom stereocenters. The Labute approximate surface area is 96.3 Å². The van der Waals surface area contributed by atoms with E-state index >= 15 is 0 Å². The van der Waals surface area contributed by atoms with Crippen molar-refractivity contribution in [3.05, 3.63) is 35.4 Å². The van der Waals surface area contributed by atoms with Gasteiger partial charge in [-0.05, 0) is 19.1 Å². The van der Waals surface area contributed by atoms with Crippen LogP contribution in [-0.2, 0) is 4.79 Å². The average Bonchev–Trinajstić information content (AvgIpc) is 2.33. The van der Waals surface area contributed by atoms with E-state index in [0.717, 1.165) is 5.56 Å². The van der Waals surface area contributed by atoms with Gasteiger partial charge in [0.05, 0.1) is 18.2 Å². The molecule has 1 aromatic carbocycles. The molecular weight excluding hydrogens is 204 g/mol. The molecule has 0 bridgehead atoms. The highest BCUT2D eigenvalue weighted by atomic mass is 16.4. The van der Waals surface area contributed by atoms with Gasteiger partial charge in [-0.1, -0.05) is 31.5 Å². The Morgan fingerprint density at radius 2 is 1.75 bits per heavy atom. The number of hydrogen-bond acceptors (Lipinski definition) is 3. The van der Waals surface area contributed by atoms with Crippen molar-refractivity contribution in [3.8, 4) is 6.07 Å². The minimum Gasteiger partial charge on any atom is -0.480 e. The summed E-state index contributed by atoms with van der Waals surface area (Å²) in [6.07, 6.45) is 0. The minimum absolute atomic E-state index is 0.278. The Balaban J connectivity index is 0. The number of rotatable bonds is 1. The van der Waals surface area contributed by atoms with Gasteiger partial charge in [-0.3, -0.25) is 4.79 Å². The lowest BCUT2D eigenvalue weighted by Crippen LogP contribution is -2.10. The number of hydrogen-bond donors (Lipinski definition) is 2. The lowest BCUT2D eigenvalue weighted by Gasteiger charge is -1.88. The van der Waals surface area contributed by atoms with E-state index in [1.54, 1.807) is 0 Å². The lowest BCUT2D eigenvalue weighted by atomic mass is 10.2. The summed E-state index contributed by atoms with van der Waals surface area (Å²) in [5.74, 6) is -0.968. The van der Waals surface area contributed by atoms with Crippen LogP contribution in [0, 0.1) is 18.3 Å². The van der Waals surface area contributed by atoms with E-state index in [1.165, 1.54) is 5.56 Å². The second-order valence-corrected chi connectivity index (χ2v) is 2.58. The summed E-state index contributed by atoms with van der Waals surface area (Å²) in [5.41, 5.74) is 6.48. The zero-order valence-corrected chi connectivity index (χ0v) is 9.90. The van der Waals surface area contributed by atoms with Crippen LogP contribution >= 0.6 is 0 Å². The predicted molar refractivity (Wildman–Crippen MR) is 63.9 cm³/mol. The molecule has 0 radical (unpaired) electrons. The summed E-state index contributed by atoms with van der Waals surface area (Å²) in [7, 11) is 0. The van der Waals surface area contributed by atoms with Gasteiger partial charge in [0.1, 0.15) is 0 Å².